The maximum Gasteiger partial charge on any atom is 0.234 e. The summed E-state index contributed by atoms with van der Waals surface area (Å²) in [6, 6.07) is 12.5. The predicted octanol–water partition coefficient (Wildman–Crippen LogP) is 2.85. The van der Waals surface area contributed by atoms with Gasteiger partial charge in [-0.15, -0.1) is 0 Å². The third-order valence-corrected chi connectivity index (χ3v) is 4.37. The van der Waals surface area contributed by atoms with Crippen molar-refractivity contribution in [3.8, 4) is 0 Å². The number of amides is 1. The van der Waals surface area contributed by atoms with Gasteiger partial charge < -0.3 is 10.6 Å². The van der Waals surface area contributed by atoms with E-state index in [1.54, 1.807) is 4.90 Å². The van der Waals surface area contributed by atoms with Gasteiger partial charge in [0, 0.05) is 19.3 Å². The molecule has 2 N–H and O–H groups in total. The third kappa shape index (κ3) is 2.08. The molecule has 1 fully saturated rings. The summed E-state index contributed by atoms with van der Waals surface area (Å²) >= 11 is 0. The maximum atomic E-state index is 12.5. The van der Waals surface area contributed by atoms with Gasteiger partial charge in [-0.2, -0.15) is 0 Å². The summed E-state index contributed by atoms with van der Waals surface area (Å²) in [6.45, 7) is 2.53. The van der Waals surface area contributed by atoms with Crippen molar-refractivity contribution in [1.82, 2.24) is 0 Å². The van der Waals surface area contributed by atoms with E-state index in [0.29, 0.717) is 6.54 Å². The van der Waals surface area contributed by atoms with E-state index in [-0.39, 0.29) is 11.3 Å². The molecule has 0 saturated heterocycles. The lowest BCUT2D eigenvalue weighted by Crippen LogP contribution is -2.38. The molecule has 0 aliphatic heterocycles. The molecule has 0 atom stereocenters. The fourth-order valence-electron chi connectivity index (χ4n) is 2.69. The molecule has 0 spiro atoms. The van der Waals surface area contributed by atoms with Crippen LogP contribution < -0.4 is 10.6 Å². The van der Waals surface area contributed by atoms with Crippen LogP contribution in [0, 0.1) is 12.3 Å². The topological polar surface area (TPSA) is 46.3 Å². The molecular formula is C17H20N2O. The fourth-order valence-corrected chi connectivity index (χ4v) is 2.69. The minimum atomic E-state index is -0.295. The van der Waals surface area contributed by atoms with Crippen molar-refractivity contribution in [2.24, 2.45) is 11.1 Å². The molecule has 1 aliphatic carbocycles. The number of nitrogens with two attached hydrogens (primary N) is 1. The summed E-state index contributed by atoms with van der Waals surface area (Å²) < 4.78 is 0. The largest absolute Gasteiger partial charge is 0.329 e. The average molecular weight is 268 g/mol. The number of hydrogen-bond acceptors (Lipinski definition) is 2. The Morgan fingerprint density at radius 1 is 1.20 bits per heavy atom. The molecule has 2 aromatic rings. The van der Waals surface area contributed by atoms with Crippen LogP contribution in [0.15, 0.2) is 36.4 Å². The number of carbonyl (C=O) groups is 1. The number of benzene rings is 2. The molecule has 1 amide bonds. The highest BCUT2D eigenvalue weighted by Gasteiger charge is 2.50. The van der Waals surface area contributed by atoms with E-state index in [9.17, 15) is 4.79 Å². The molecule has 0 radical (unpaired) electrons. The number of fused-ring (bicyclic) bond motifs is 1. The molecule has 1 saturated carbocycles. The first kappa shape index (κ1) is 13.1. The third-order valence-electron chi connectivity index (χ3n) is 4.37. The second kappa shape index (κ2) is 4.60. The van der Waals surface area contributed by atoms with Crippen molar-refractivity contribution >= 4 is 22.4 Å². The van der Waals surface area contributed by atoms with Crippen LogP contribution in [0.25, 0.3) is 10.8 Å². The summed E-state index contributed by atoms with van der Waals surface area (Å²) in [6.07, 6.45) is 1.83. The number of nitrogens with zero attached hydrogens (tertiary/aromatic N) is 1. The first-order valence-corrected chi connectivity index (χ1v) is 7.04. The summed E-state index contributed by atoms with van der Waals surface area (Å²) in [5, 5.41) is 2.36. The molecular weight excluding hydrogens is 248 g/mol. The summed E-state index contributed by atoms with van der Waals surface area (Å²) in [7, 11) is 1.84. The number of carbonyl (C=O) groups excluding carboxylic acids is 1. The van der Waals surface area contributed by atoms with E-state index in [1.807, 2.05) is 13.1 Å². The van der Waals surface area contributed by atoms with Crippen molar-refractivity contribution in [3.05, 3.63) is 42.0 Å². The first-order chi connectivity index (χ1) is 9.55. The lowest BCUT2D eigenvalue weighted by molar-refractivity contribution is -0.123. The summed E-state index contributed by atoms with van der Waals surface area (Å²) in [4.78, 5) is 14.2. The minimum absolute atomic E-state index is 0.145. The van der Waals surface area contributed by atoms with Gasteiger partial charge >= 0.3 is 0 Å². The van der Waals surface area contributed by atoms with Crippen molar-refractivity contribution in [2.75, 3.05) is 18.5 Å². The van der Waals surface area contributed by atoms with Gasteiger partial charge in [0.1, 0.15) is 0 Å². The minimum Gasteiger partial charge on any atom is -0.329 e. The maximum absolute atomic E-state index is 12.5. The molecule has 104 valence electrons. The van der Waals surface area contributed by atoms with Crippen molar-refractivity contribution < 1.29 is 4.79 Å². The van der Waals surface area contributed by atoms with Crippen LogP contribution in [0.1, 0.15) is 18.4 Å². The molecule has 20 heavy (non-hydrogen) atoms. The van der Waals surface area contributed by atoms with E-state index in [0.717, 1.165) is 23.9 Å². The molecule has 0 unspecified atom stereocenters. The zero-order chi connectivity index (χ0) is 14.3. The lowest BCUT2D eigenvalue weighted by atomic mass is 10.0. The van der Waals surface area contributed by atoms with Crippen molar-refractivity contribution in [1.29, 1.82) is 0 Å². The number of aryl methyl sites for hydroxylation is 1. The Balaban J connectivity index is 1.94. The average Bonchev–Trinajstić information content (AvgIpc) is 3.26. The van der Waals surface area contributed by atoms with Crippen molar-refractivity contribution in [2.45, 2.75) is 19.8 Å². The van der Waals surface area contributed by atoms with Crippen LogP contribution in [-0.2, 0) is 4.79 Å². The van der Waals surface area contributed by atoms with Gasteiger partial charge in [0.05, 0.1) is 5.41 Å². The quantitative estimate of drug-likeness (QED) is 0.930. The van der Waals surface area contributed by atoms with E-state index in [1.165, 1.54) is 10.9 Å². The SMILES string of the molecule is Cc1ccc2cc(N(C)C(=O)C3(CN)CC3)ccc2c1. The number of anilines is 1. The van der Waals surface area contributed by atoms with Crippen LogP contribution in [0.2, 0.25) is 0 Å². The van der Waals surface area contributed by atoms with Gasteiger partial charge in [-0.25, -0.2) is 0 Å². The van der Waals surface area contributed by atoms with Gasteiger partial charge in [0.25, 0.3) is 0 Å². The molecule has 0 bridgehead atoms. The Bertz CT molecular complexity index is 674. The first-order valence-electron chi connectivity index (χ1n) is 7.04. The molecule has 3 rings (SSSR count). The second-order valence-electron chi connectivity index (χ2n) is 5.88. The Kier molecular flexibility index (Phi) is 3.02. The molecule has 1 aliphatic rings. The van der Waals surface area contributed by atoms with Crippen LogP contribution in [0.4, 0.5) is 5.69 Å². The Hall–Kier alpha value is -1.87. The van der Waals surface area contributed by atoms with Gasteiger partial charge in [0.2, 0.25) is 5.91 Å². The van der Waals surface area contributed by atoms with Gasteiger partial charge in [-0.1, -0.05) is 29.8 Å². The molecule has 3 nitrogen and oxygen atoms in total. The zero-order valence-corrected chi connectivity index (χ0v) is 12.0. The van der Waals surface area contributed by atoms with E-state index >= 15 is 0 Å². The molecule has 0 aromatic heterocycles. The van der Waals surface area contributed by atoms with Crippen molar-refractivity contribution in [3.63, 3.8) is 0 Å². The van der Waals surface area contributed by atoms with E-state index in [4.69, 9.17) is 5.73 Å². The summed E-state index contributed by atoms with van der Waals surface area (Å²) in [5.74, 6) is 0.145. The lowest BCUT2D eigenvalue weighted by Gasteiger charge is -2.23. The number of rotatable bonds is 3. The molecule has 2 aromatic carbocycles. The summed E-state index contributed by atoms with van der Waals surface area (Å²) in [5.41, 5.74) is 7.63. The zero-order valence-electron chi connectivity index (χ0n) is 12.0. The van der Waals surface area contributed by atoms with E-state index < -0.39 is 0 Å². The Labute approximate surface area is 119 Å². The highest BCUT2D eigenvalue weighted by Crippen LogP contribution is 2.46. The standard InChI is InChI=1S/C17H20N2O/c1-12-3-4-14-10-15(6-5-13(14)9-12)19(2)16(20)17(11-18)7-8-17/h3-6,9-10H,7-8,11,18H2,1-2H3. The van der Waals surface area contributed by atoms with Crippen LogP contribution in [0.5, 0.6) is 0 Å². The Morgan fingerprint density at radius 2 is 1.85 bits per heavy atom. The van der Waals surface area contributed by atoms with Crippen LogP contribution >= 0.6 is 0 Å². The van der Waals surface area contributed by atoms with Crippen LogP contribution in [0.3, 0.4) is 0 Å². The smallest absolute Gasteiger partial charge is 0.234 e. The van der Waals surface area contributed by atoms with E-state index in [2.05, 4.69) is 37.3 Å². The second-order valence-corrected chi connectivity index (χ2v) is 5.88. The van der Waals surface area contributed by atoms with Gasteiger partial charge in [-0.3, -0.25) is 4.79 Å². The normalized spacial score (nSPS) is 16.1. The fraction of sp³-hybridized carbons (Fsp3) is 0.353. The molecule has 0 heterocycles. The van der Waals surface area contributed by atoms with Gasteiger partial charge in [0.15, 0.2) is 0 Å². The highest BCUT2D eigenvalue weighted by molar-refractivity contribution is 6.00. The van der Waals surface area contributed by atoms with Gasteiger partial charge in [-0.05, 0) is 42.7 Å². The predicted molar refractivity (Wildman–Crippen MR) is 82.8 cm³/mol. The number of hydrogen-bond donors (Lipinski definition) is 1. The Morgan fingerprint density at radius 3 is 2.50 bits per heavy atom. The van der Waals surface area contributed by atoms with Crippen LogP contribution in [-0.4, -0.2) is 19.5 Å². The monoisotopic (exact) mass is 268 g/mol. The highest BCUT2D eigenvalue weighted by atomic mass is 16.2. The molecule has 3 heteroatoms.